The number of aromatic nitrogens is 4. The smallest absolute Gasteiger partial charge is 0.226 e. The first-order chi connectivity index (χ1) is 18.4. The van der Waals surface area contributed by atoms with Crippen molar-refractivity contribution in [1.82, 2.24) is 25.0 Å². The Balaban J connectivity index is 1.15. The molecule has 38 heavy (non-hydrogen) atoms. The highest BCUT2D eigenvalue weighted by Crippen LogP contribution is 2.38. The van der Waals surface area contributed by atoms with Gasteiger partial charge in [0.05, 0.1) is 33.8 Å². The van der Waals surface area contributed by atoms with Crippen LogP contribution in [0.5, 0.6) is 0 Å². The summed E-state index contributed by atoms with van der Waals surface area (Å²) in [7, 11) is 0. The molecule has 196 valence electrons. The predicted octanol–water partition coefficient (Wildman–Crippen LogP) is 5.31. The molecule has 10 heteroatoms. The quantitative estimate of drug-likeness (QED) is 0.345. The molecule has 0 spiro atoms. The monoisotopic (exact) mass is 530 g/mol. The number of carbonyl (C=O) groups excluding carboxylic acids is 2. The lowest BCUT2D eigenvalue weighted by atomic mass is 9.97. The molecule has 0 bridgehead atoms. The van der Waals surface area contributed by atoms with Crippen molar-refractivity contribution in [3.63, 3.8) is 0 Å². The molecule has 4 aromatic rings. The fourth-order valence-corrected chi connectivity index (χ4v) is 5.71. The van der Waals surface area contributed by atoms with Crippen LogP contribution in [0.4, 0.5) is 5.82 Å². The van der Waals surface area contributed by atoms with E-state index in [9.17, 15) is 9.59 Å². The van der Waals surface area contributed by atoms with E-state index in [1.807, 2.05) is 49.1 Å². The van der Waals surface area contributed by atoms with Crippen LogP contribution in [-0.2, 0) is 9.59 Å². The third kappa shape index (κ3) is 5.65. The summed E-state index contributed by atoms with van der Waals surface area (Å²) in [6, 6.07) is 9.97. The van der Waals surface area contributed by atoms with Crippen molar-refractivity contribution < 1.29 is 14.1 Å². The minimum atomic E-state index is -0.233. The lowest BCUT2D eigenvalue weighted by molar-refractivity contribution is -0.133. The lowest BCUT2D eigenvalue weighted by Gasteiger charge is -2.31. The summed E-state index contributed by atoms with van der Waals surface area (Å²) in [5.74, 6) is 1.25. The Kier molecular flexibility index (Phi) is 7.59. The Hall–Kier alpha value is -3.92. The third-order valence-corrected chi connectivity index (χ3v) is 7.78. The number of hydrogen-bond donors (Lipinski definition) is 1. The van der Waals surface area contributed by atoms with Crippen LogP contribution >= 0.6 is 11.3 Å². The summed E-state index contributed by atoms with van der Waals surface area (Å²) < 4.78 is 5.52. The summed E-state index contributed by atoms with van der Waals surface area (Å²) in [4.78, 5) is 40.4. The highest BCUT2D eigenvalue weighted by atomic mass is 32.1. The number of likely N-dealkylation sites (tertiary alicyclic amines) is 1. The number of hydrogen-bond acceptors (Lipinski definition) is 8. The van der Waals surface area contributed by atoms with E-state index in [1.54, 1.807) is 24.5 Å². The van der Waals surface area contributed by atoms with Crippen molar-refractivity contribution in [2.24, 2.45) is 0 Å². The number of anilines is 1. The van der Waals surface area contributed by atoms with Gasteiger partial charge in [0.15, 0.2) is 5.82 Å². The van der Waals surface area contributed by atoms with Crippen LogP contribution in [0.25, 0.3) is 22.5 Å². The highest BCUT2D eigenvalue weighted by molar-refractivity contribution is 7.10. The second-order valence-electron chi connectivity index (χ2n) is 9.55. The van der Waals surface area contributed by atoms with Crippen LogP contribution < -0.4 is 5.32 Å². The fourth-order valence-electron chi connectivity index (χ4n) is 4.73. The van der Waals surface area contributed by atoms with Gasteiger partial charge in [-0.3, -0.25) is 14.6 Å². The molecule has 3 aromatic heterocycles. The summed E-state index contributed by atoms with van der Waals surface area (Å²) in [6.45, 7) is 6.87. The molecule has 1 saturated heterocycles. The maximum atomic E-state index is 12.8. The lowest BCUT2D eigenvalue weighted by Crippen LogP contribution is -2.38. The second kappa shape index (κ2) is 11.2. The number of carbonyl (C=O) groups is 2. The molecule has 1 aromatic carbocycles. The van der Waals surface area contributed by atoms with Gasteiger partial charge in [-0.25, -0.2) is 9.97 Å². The number of nitrogens with one attached hydrogen (secondary N) is 1. The molecule has 0 atom stereocenters. The molecule has 1 N–H and O–H groups in total. The first-order valence-electron chi connectivity index (χ1n) is 12.7. The standard InChI is InChI=1S/C28H30N6O3S/c1-17-15-29-27(18(2)30-17)32-23(35)9-10-24(36)34-13-11-21(12-14-34)28-31-22(16-38-28)25-19(3)37-33-26(25)20-7-5-4-6-8-20/h4-8,15-16,21H,9-14H2,1-3H3,(H,29,32,35). The van der Waals surface area contributed by atoms with Gasteiger partial charge in [0.2, 0.25) is 11.8 Å². The summed E-state index contributed by atoms with van der Waals surface area (Å²) in [6.07, 6.45) is 3.59. The minimum Gasteiger partial charge on any atom is -0.360 e. The molecule has 0 saturated carbocycles. The van der Waals surface area contributed by atoms with Crippen molar-refractivity contribution >= 4 is 29.0 Å². The molecule has 1 fully saturated rings. The van der Waals surface area contributed by atoms with Gasteiger partial charge in [0.25, 0.3) is 0 Å². The van der Waals surface area contributed by atoms with Gasteiger partial charge in [0, 0.05) is 42.8 Å². The largest absolute Gasteiger partial charge is 0.360 e. The van der Waals surface area contributed by atoms with E-state index in [0.717, 1.165) is 51.8 Å². The molecule has 1 aliphatic rings. The van der Waals surface area contributed by atoms with Gasteiger partial charge < -0.3 is 14.7 Å². The van der Waals surface area contributed by atoms with Crippen molar-refractivity contribution in [2.75, 3.05) is 18.4 Å². The summed E-state index contributed by atoms with van der Waals surface area (Å²) in [5, 5.41) is 10.2. The van der Waals surface area contributed by atoms with Gasteiger partial charge >= 0.3 is 0 Å². The number of thiazole rings is 1. The fraction of sp³-hybridized carbons (Fsp3) is 0.357. The zero-order valence-corrected chi connectivity index (χ0v) is 22.5. The van der Waals surface area contributed by atoms with Crippen LogP contribution in [0.15, 0.2) is 46.4 Å². The van der Waals surface area contributed by atoms with Crippen molar-refractivity contribution in [3.05, 3.63) is 64.1 Å². The number of nitrogens with zero attached hydrogens (tertiary/aromatic N) is 5. The van der Waals surface area contributed by atoms with Crippen LogP contribution in [0.1, 0.15) is 53.8 Å². The molecule has 0 unspecified atom stereocenters. The number of benzene rings is 1. The third-order valence-electron chi connectivity index (χ3n) is 6.78. The van der Waals surface area contributed by atoms with Crippen molar-refractivity contribution in [2.45, 2.75) is 52.4 Å². The molecular weight excluding hydrogens is 500 g/mol. The molecule has 0 aliphatic carbocycles. The average Bonchev–Trinajstić information content (AvgIpc) is 3.56. The van der Waals surface area contributed by atoms with Crippen molar-refractivity contribution in [3.8, 4) is 22.5 Å². The zero-order valence-electron chi connectivity index (χ0n) is 21.7. The molecule has 2 amide bonds. The average molecular weight is 531 g/mol. The van der Waals surface area contributed by atoms with Crippen molar-refractivity contribution in [1.29, 1.82) is 0 Å². The Labute approximate surface area is 225 Å². The van der Waals surface area contributed by atoms with Gasteiger partial charge in [-0.15, -0.1) is 11.3 Å². The number of aryl methyl sites for hydroxylation is 3. The van der Waals surface area contributed by atoms with Gasteiger partial charge in [-0.2, -0.15) is 0 Å². The summed E-state index contributed by atoms with van der Waals surface area (Å²) >= 11 is 1.65. The van der Waals surface area contributed by atoms with E-state index in [4.69, 9.17) is 9.51 Å². The van der Waals surface area contributed by atoms with Crippen LogP contribution in [0, 0.1) is 20.8 Å². The van der Waals surface area contributed by atoms with Crippen LogP contribution in [-0.4, -0.2) is 49.9 Å². The molecule has 1 aliphatic heterocycles. The van der Waals surface area contributed by atoms with E-state index >= 15 is 0 Å². The van der Waals surface area contributed by atoms with Crippen LogP contribution in [0.2, 0.25) is 0 Å². The first-order valence-corrected chi connectivity index (χ1v) is 13.6. The van der Waals surface area contributed by atoms with E-state index in [0.29, 0.717) is 30.5 Å². The second-order valence-corrected chi connectivity index (χ2v) is 10.4. The highest BCUT2D eigenvalue weighted by Gasteiger charge is 2.27. The topological polar surface area (TPSA) is 114 Å². The van der Waals surface area contributed by atoms with E-state index < -0.39 is 0 Å². The summed E-state index contributed by atoms with van der Waals surface area (Å²) in [5.41, 5.74) is 5.05. The number of amides is 2. The minimum absolute atomic E-state index is 0.00209. The Morgan fingerprint density at radius 2 is 1.84 bits per heavy atom. The Morgan fingerprint density at radius 3 is 2.58 bits per heavy atom. The Bertz CT molecular complexity index is 1440. The normalized spacial score (nSPS) is 14.0. The first kappa shape index (κ1) is 25.7. The number of rotatable bonds is 7. The maximum absolute atomic E-state index is 12.8. The zero-order chi connectivity index (χ0) is 26.6. The van der Waals surface area contributed by atoms with E-state index in [1.165, 1.54) is 0 Å². The predicted molar refractivity (Wildman–Crippen MR) is 146 cm³/mol. The number of piperidine rings is 1. The van der Waals surface area contributed by atoms with Gasteiger partial charge in [0.1, 0.15) is 11.5 Å². The van der Waals surface area contributed by atoms with E-state index in [-0.39, 0.29) is 24.7 Å². The van der Waals surface area contributed by atoms with Gasteiger partial charge in [-0.1, -0.05) is 35.5 Å². The molecule has 9 nitrogen and oxygen atoms in total. The SMILES string of the molecule is Cc1cnc(NC(=O)CCC(=O)N2CCC(c3nc(-c4c(-c5ccccc5)noc4C)cs3)CC2)c(C)n1. The molecule has 5 rings (SSSR count). The maximum Gasteiger partial charge on any atom is 0.226 e. The van der Waals surface area contributed by atoms with Gasteiger partial charge in [-0.05, 0) is 33.6 Å². The molecule has 0 radical (unpaired) electrons. The van der Waals surface area contributed by atoms with E-state index in [2.05, 4.69) is 25.8 Å². The molecular formula is C28H30N6O3S. The Morgan fingerprint density at radius 1 is 1.08 bits per heavy atom. The molecule has 4 heterocycles. The van der Waals surface area contributed by atoms with Crippen LogP contribution in [0.3, 0.4) is 0 Å².